The maximum atomic E-state index is 13.7. The van der Waals surface area contributed by atoms with Crippen molar-refractivity contribution in [2.75, 3.05) is 19.5 Å². The molecule has 0 radical (unpaired) electrons. The topological polar surface area (TPSA) is 146 Å². The molecule has 9 unspecified atom stereocenters. The summed E-state index contributed by atoms with van der Waals surface area (Å²) in [4.78, 5) is 27.3. The van der Waals surface area contributed by atoms with Crippen LogP contribution in [0.15, 0.2) is 13.6 Å². The molecule has 2 fully saturated rings. The molecule has 0 aliphatic carbocycles. The highest BCUT2D eigenvalue weighted by Gasteiger charge is 2.48. The fourth-order valence-electron chi connectivity index (χ4n) is 5.31. The molecule has 3 heterocycles. The molecule has 38 heavy (non-hydrogen) atoms. The molecule has 0 spiro atoms. The number of rotatable bonds is 11. The molecule has 3 rings (SSSR count). The number of unbranched alkanes of at least 4 members (excludes halogenated alkanes) is 1. The first-order chi connectivity index (χ1) is 18.1. The van der Waals surface area contributed by atoms with E-state index in [1.165, 1.54) is 11.8 Å². The lowest BCUT2D eigenvalue weighted by Gasteiger charge is -2.44. The fourth-order valence-corrected chi connectivity index (χ4v) is 6.20. The van der Waals surface area contributed by atoms with Crippen molar-refractivity contribution >= 4 is 29.3 Å². The van der Waals surface area contributed by atoms with E-state index in [1.54, 1.807) is 20.1 Å². The molecule has 2 saturated heterocycles. The Morgan fingerprint density at radius 1 is 1.18 bits per heavy atom. The Bertz CT molecular complexity index is 947. The Morgan fingerprint density at radius 3 is 2.53 bits per heavy atom. The van der Waals surface area contributed by atoms with Crippen LogP contribution in [-0.4, -0.2) is 92.9 Å². The van der Waals surface area contributed by atoms with Crippen LogP contribution in [0.1, 0.15) is 57.0 Å². The lowest BCUT2D eigenvalue weighted by atomic mass is 9.92. The Hall–Kier alpha value is -1.15. The number of aliphatic hydroxyl groups is 3. The van der Waals surface area contributed by atoms with Gasteiger partial charge in [0.1, 0.15) is 35.6 Å². The molecule has 218 valence electrons. The largest absolute Gasteiger partial charge is 0.519 e. The van der Waals surface area contributed by atoms with Crippen molar-refractivity contribution < 1.29 is 38.1 Å². The zero-order valence-electron chi connectivity index (χ0n) is 22.1. The van der Waals surface area contributed by atoms with Crippen LogP contribution in [0.2, 0.25) is 0 Å². The number of thioether (sulfide) groups is 1. The lowest BCUT2D eigenvalue weighted by molar-refractivity contribution is -0.205. The molecule has 10 nitrogen and oxygen atoms in total. The number of halogens is 2. The molecule has 1 aromatic heterocycles. The Labute approximate surface area is 231 Å². The van der Waals surface area contributed by atoms with Gasteiger partial charge in [0.15, 0.2) is 5.76 Å². The molecule has 2 aliphatic heterocycles. The van der Waals surface area contributed by atoms with Crippen LogP contribution in [-0.2, 0) is 16.1 Å². The first kappa shape index (κ1) is 31.4. The summed E-state index contributed by atoms with van der Waals surface area (Å²) >= 11 is 7.63. The third-order valence-corrected chi connectivity index (χ3v) is 8.72. The average Bonchev–Trinajstić information content (AvgIpc) is 3.06. The van der Waals surface area contributed by atoms with E-state index < -0.39 is 53.1 Å². The predicted molar refractivity (Wildman–Crippen MR) is 141 cm³/mol. The first-order valence-electron chi connectivity index (χ1n) is 13.1. The maximum absolute atomic E-state index is 13.7. The van der Waals surface area contributed by atoms with E-state index >= 15 is 0 Å². The second kappa shape index (κ2) is 14.5. The highest BCUT2D eigenvalue weighted by atomic mass is 35.5. The number of hydrogen-bond donors (Lipinski definition) is 4. The van der Waals surface area contributed by atoms with Crippen molar-refractivity contribution in [3.05, 3.63) is 22.1 Å². The second-order valence-electron chi connectivity index (χ2n) is 10.2. The van der Waals surface area contributed by atoms with Gasteiger partial charge in [0.25, 0.3) is 0 Å². The summed E-state index contributed by atoms with van der Waals surface area (Å²) in [6.07, 6.45) is 0.667. The number of ether oxygens (including phenoxy) is 1. The SMILES string of the molecule is CSC1OC(C(NC(=O)C2CCC(CCCCF)CCN2Cc2oc(=O)oc2C)C(C)Cl)C(O)C(O)C1O. The Balaban J connectivity index is 1.80. The third kappa shape index (κ3) is 7.74. The van der Waals surface area contributed by atoms with Gasteiger partial charge in [0, 0.05) is 0 Å². The quantitative estimate of drug-likeness (QED) is 0.225. The number of carbonyl (C=O) groups excluding carboxylic acids is 1. The highest BCUT2D eigenvalue weighted by molar-refractivity contribution is 7.99. The van der Waals surface area contributed by atoms with Gasteiger partial charge in [0.2, 0.25) is 5.91 Å². The molecule has 1 aromatic rings. The smallest absolute Gasteiger partial charge is 0.396 e. The number of amides is 1. The normalized spacial score (nSPS) is 32.5. The number of alkyl halides is 2. The molecule has 1 amide bonds. The third-order valence-electron chi connectivity index (χ3n) is 7.59. The molecule has 0 aromatic carbocycles. The van der Waals surface area contributed by atoms with E-state index in [0.717, 1.165) is 25.7 Å². The van der Waals surface area contributed by atoms with Gasteiger partial charge < -0.3 is 34.2 Å². The minimum absolute atomic E-state index is 0.190. The van der Waals surface area contributed by atoms with Crippen molar-refractivity contribution in [1.29, 1.82) is 0 Å². The van der Waals surface area contributed by atoms with Crippen molar-refractivity contribution in [1.82, 2.24) is 10.2 Å². The number of likely N-dealkylation sites (tertiary alicyclic amines) is 1. The van der Waals surface area contributed by atoms with Crippen LogP contribution in [0.5, 0.6) is 0 Å². The van der Waals surface area contributed by atoms with E-state index in [9.17, 15) is 29.3 Å². The zero-order chi connectivity index (χ0) is 28.0. The summed E-state index contributed by atoms with van der Waals surface area (Å²) in [6, 6.07) is -1.47. The first-order valence-corrected chi connectivity index (χ1v) is 14.9. The van der Waals surface area contributed by atoms with Crippen molar-refractivity contribution in [2.45, 2.75) is 106 Å². The number of carbonyl (C=O) groups is 1. The van der Waals surface area contributed by atoms with Crippen molar-refractivity contribution in [3.8, 4) is 0 Å². The molecule has 0 saturated carbocycles. The zero-order valence-corrected chi connectivity index (χ0v) is 23.6. The lowest BCUT2D eigenvalue weighted by Crippen LogP contribution is -2.65. The molecule has 2 aliphatic rings. The summed E-state index contributed by atoms with van der Waals surface area (Å²) < 4.78 is 28.7. The van der Waals surface area contributed by atoms with Crippen LogP contribution >= 0.6 is 23.4 Å². The summed E-state index contributed by atoms with van der Waals surface area (Å²) in [7, 11) is 0. The van der Waals surface area contributed by atoms with Gasteiger partial charge in [-0.15, -0.1) is 23.4 Å². The van der Waals surface area contributed by atoms with E-state index in [1.807, 2.05) is 4.90 Å². The standard InChI is InChI=1S/C25H40ClFN2O8S/c1-13(26)18(22-20(31)19(30)21(32)24(37-22)38-3)28-23(33)16-8-7-15(6-4-5-10-27)9-11-29(16)12-17-14(2)35-25(34)36-17/h13,15-16,18-22,24,30-32H,4-12H2,1-3H3,(H,28,33). The van der Waals surface area contributed by atoms with E-state index in [-0.39, 0.29) is 19.1 Å². The van der Waals surface area contributed by atoms with Crippen LogP contribution in [0.3, 0.4) is 0 Å². The van der Waals surface area contributed by atoms with Gasteiger partial charge in [-0.1, -0.05) is 12.8 Å². The van der Waals surface area contributed by atoms with Gasteiger partial charge in [0.05, 0.1) is 30.7 Å². The van der Waals surface area contributed by atoms with Gasteiger partial charge in [-0.3, -0.25) is 14.1 Å². The van der Waals surface area contributed by atoms with E-state index in [4.69, 9.17) is 25.2 Å². The molecule has 0 bridgehead atoms. The van der Waals surface area contributed by atoms with Crippen LogP contribution in [0, 0.1) is 12.8 Å². The minimum atomic E-state index is -1.47. The monoisotopic (exact) mass is 582 g/mol. The number of nitrogens with zero attached hydrogens (tertiary/aromatic N) is 1. The van der Waals surface area contributed by atoms with Gasteiger partial charge in [-0.2, -0.15) is 0 Å². The predicted octanol–water partition coefficient (Wildman–Crippen LogP) is 1.93. The molecule has 4 N–H and O–H groups in total. The van der Waals surface area contributed by atoms with Gasteiger partial charge >= 0.3 is 5.82 Å². The summed E-state index contributed by atoms with van der Waals surface area (Å²) in [5.74, 6) is -0.130. The van der Waals surface area contributed by atoms with Crippen LogP contribution in [0.4, 0.5) is 4.39 Å². The fraction of sp³-hybridized carbons (Fsp3) is 0.840. The molecular formula is C25H40ClFN2O8S. The van der Waals surface area contributed by atoms with Crippen LogP contribution in [0.25, 0.3) is 0 Å². The number of aliphatic hydroxyl groups excluding tert-OH is 3. The summed E-state index contributed by atoms with van der Waals surface area (Å²) in [5.41, 5.74) is -0.806. The summed E-state index contributed by atoms with van der Waals surface area (Å²) in [6.45, 7) is 3.68. The highest BCUT2D eigenvalue weighted by Crippen LogP contribution is 2.31. The Kier molecular flexibility index (Phi) is 12.0. The molecule has 9 atom stereocenters. The number of nitrogens with one attached hydrogen (secondary N) is 1. The number of aryl methyl sites for hydroxylation is 1. The number of hydrogen-bond acceptors (Lipinski definition) is 10. The van der Waals surface area contributed by atoms with Gasteiger partial charge in [-0.25, -0.2) is 4.79 Å². The van der Waals surface area contributed by atoms with E-state index in [2.05, 4.69) is 5.32 Å². The maximum Gasteiger partial charge on any atom is 0.519 e. The van der Waals surface area contributed by atoms with Crippen molar-refractivity contribution in [2.24, 2.45) is 5.92 Å². The van der Waals surface area contributed by atoms with Crippen molar-refractivity contribution in [3.63, 3.8) is 0 Å². The Morgan fingerprint density at radius 2 is 1.92 bits per heavy atom. The minimum Gasteiger partial charge on any atom is -0.396 e. The summed E-state index contributed by atoms with van der Waals surface area (Å²) in [5, 5.41) is 33.6. The van der Waals surface area contributed by atoms with E-state index in [0.29, 0.717) is 36.8 Å². The van der Waals surface area contributed by atoms with Gasteiger partial charge in [-0.05, 0) is 58.2 Å². The second-order valence-corrected chi connectivity index (χ2v) is 11.8. The average molecular weight is 583 g/mol. The van der Waals surface area contributed by atoms with Crippen LogP contribution < -0.4 is 11.1 Å². The molecule has 13 heteroatoms. The molecular weight excluding hydrogens is 543 g/mol.